The molecule has 102 valence electrons. The van der Waals surface area contributed by atoms with Gasteiger partial charge in [0.25, 0.3) is 0 Å². The van der Waals surface area contributed by atoms with Crippen LogP contribution in [0, 0.1) is 5.82 Å². The lowest BCUT2D eigenvalue weighted by molar-refractivity contribution is -0.117. The van der Waals surface area contributed by atoms with E-state index in [4.69, 9.17) is 11.5 Å². The zero-order chi connectivity index (χ0) is 14.7. The van der Waals surface area contributed by atoms with Crippen molar-refractivity contribution in [3.05, 3.63) is 59.4 Å². The Morgan fingerprint density at radius 3 is 2.05 bits per heavy atom. The molecule has 0 spiro atoms. The Labute approximate surface area is 115 Å². The minimum absolute atomic E-state index is 0.132. The first-order valence-corrected chi connectivity index (χ1v) is 5.94. The molecule has 4 N–H and O–H groups in total. The molecule has 2 aromatic carbocycles. The van der Waals surface area contributed by atoms with Crippen LogP contribution in [0.5, 0.6) is 0 Å². The number of rotatable bonds is 4. The van der Waals surface area contributed by atoms with Gasteiger partial charge in [-0.1, -0.05) is 24.3 Å². The summed E-state index contributed by atoms with van der Waals surface area (Å²) in [4.78, 5) is 21.8. The summed E-state index contributed by atoms with van der Waals surface area (Å²) in [5.41, 5.74) is 12.2. The predicted molar refractivity (Wildman–Crippen MR) is 73.3 cm³/mol. The van der Waals surface area contributed by atoms with Gasteiger partial charge in [-0.25, -0.2) is 4.39 Å². The van der Waals surface area contributed by atoms with Crippen LogP contribution in [0.2, 0.25) is 0 Å². The van der Waals surface area contributed by atoms with E-state index in [0.717, 1.165) is 5.56 Å². The van der Waals surface area contributed by atoms with Crippen molar-refractivity contribution in [2.24, 2.45) is 11.5 Å². The highest BCUT2D eigenvalue weighted by atomic mass is 19.1. The monoisotopic (exact) mass is 272 g/mol. The van der Waals surface area contributed by atoms with Crippen LogP contribution < -0.4 is 11.5 Å². The molecule has 0 aliphatic carbocycles. The molecule has 0 bridgehead atoms. The van der Waals surface area contributed by atoms with Crippen LogP contribution in [0.3, 0.4) is 0 Å². The molecule has 2 amide bonds. The Bertz CT molecular complexity index is 666. The van der Waals surface area contributed by atoms with E-state index in [2.05, 4.69) is 0 Å². The van der Waals surface area contributed by atoms with Crippen molar-refractivity contribution in [3.8, 4) is 11.1 Å². The topological polar surface area (TPSA) is 86.2 Å². The van der Waals surface area contributed by atoms with Crippen molar-refractivity contribution < 1.29 is 14.0 Å². The van der Waals surface area contributed by atoms with Crippen LogP contribution in [0.25, 0.3) is 11.1 Å². The van der Waals surface area contributed by atoms with Gasteiger partial charge in [0.1, 0.15) is 5.82 Å². The maximum absolute atomic E-state index is 13.8. The van der Waals surface area contributed by atoms with Gasteiger partial charge in [0, 0.05) is 5.56 Å². The molecule has 5 heteroatoms. The Morgan fingerprint density at radius 1 is 0.950 bits per heavy atom. The van der Waals surface area contributed by atoms with Crippen molar-refractivity contribution in [1.82, 2.24) is 0 Å². The second-order valence-electron chi connectivity index (χ2n) is 4.39. The van der Waals surface area contributed by atoms with Crippen molar-refractivity contribution in [1.29, 1.82) is 0 Å². The van der Waals surface area contributed by atoms with Crippen LogP contribution in [0.4, 0.5) is 4.39 Å². The molecule has 0 heterocycles. The number of primary amides is 2. The van der Waals surface area contributed by atoms with Gasteiger partial charge in [0.05, 0.1) is 6.42 Å². The third-order valence-electron chi connectivity index (χ3n) is 2.92. The van der Waals surface area contributed by atoms with E-state index in [1.807, 2.05) is 0 Å². The van der Waals surface area contributed by atoms with Gasteiger partial charge in [0.2, 0.25) is 11.8 Å². The summed E-state index contributed by atoms with van der Waals surface area (Å²) in [6.07, 6.45) is -0.132. The Balaban J connectivity index is 2.31. The van der Waals surface area contributed by atoms with Crippen LogP contribution in [-0.4, -0.2) is 11.8 Å². The molecular weight excluding hydrogens is 259 g/mol. The highest BCUT2D eigenvalue weighted by Crippen LogP contribution is 2.22. The fourth-order valence-electron chi connectivity index (χ4n) is 1.88. The normalized spacial score (nSPS) is 10.2. The number of halogens is 1. The summed E-state index contributed by atoms with van der Waals surface area (Å²) in [7, 11) is 0. The lowest BCUT2D eigenvalue weighted by Crippen LogP contribution is -2.14. The van der Waals surface area contributed by atoms with Crippen LogP contribution in [0.1, 0.15) is 15.9 Å². The van der Waals surface area contributed by atoms with Crippen LogP contribution in [0.15, 0.2) is 42.5 Å². The standard InChI is InChI=1S/C15H13FN2O2/c16-13-7-11(5-6-12(13)8-14(17)19)9-1-3-10(4-2-9)15(18)20/h1-7H,8H2,(H2,17,19)(H2,18,20). The first-order chi connectivity index (χ1) is 9.47. The molecule has 4 nitrogen and oxygen atoms in total. The maximum atomic E-state index is 13.8. The average molecular weight is 272 g/mol. The minimum Gasteiger partial charge on any atom is -0.369 e. The van der Waals surface area contributed by atoms with Gasteiger partial charge in [-0.15, -0.1) is 0 Å². The summed E-state index contributed by atoms with van der Waals surface area (Å²) >= 11 is 0. The number of benzene rings is 2. The van der Waals surface area contributed by atoms with Gasteiger partial charge in [-0.2, -0.15) is 0 Å². The van der Waals surface area contributed by atoms with Gasteiger partial charge >= 0.3 is 0 Å². The SMILES string of the molecule is NC(=O)Cc1ccc(-c2ccc(C(N)=O)cc2)cc1F. The molecular formula is C15H13FN2O2. The van der Waals surface area contributed by atoms with Crippen molar-refractivity contribution in [2.75, 3.05) is 0 Å². The predicted octanol–water partition coefficient (Wildman–Crippen LogP) is 1.62. The van der Waals surface area contributed by atoms with Crippen LogP contribution >= 0.6 is 0 Å². The quantitative estimate of drug-likeness (QED) is 0.886. The molecule has 0 aliphatic heterocycles. The largest absolute Gasteiger partial charge is 0.369 e. The summed E-state index contributed by atoms with van der Waals surface area (Å²) in [5.74, 6) is -1.58. The molecule has 2 aromatic rings. The molecule has 0 saturated heterocycles. The number of hydrogen-bond donors (Lipinski definition) is 2. The summed E-state index contributed by atoms with van der Waals surface area (Å²) in [5, 5.41) is 0. The van der Waals surface area contributed by atoms with Crippen molar-refractivity contribution in [3.63, 3.8) is 0 Å². The Kier molecular flexibility index (Phi) is 3.79. The third-order valence-corrected chi connectivity index (χ3v) is 2.92. The number of amides is 2. The minimum atomic E-state index is -0.581. The summed E-state index contributed by atoms with van der Waals surface area (Å²) in [6, 6.07) is 11.1. The van der Waals surface area contributed by atoms with E-state index in [1.165, 1.54) is 12.1 Å². The molecule has 20 heavy (non-hydrogen) atoms. The fraction of sp³-hybridized carbons (Fsp3) is 0.0667. The zero-order valence-corrected chi connectivity index (χ0v) is 10.6. The van der Waals surface area contributed by atoms with Gasteiger partial charge < -0.3 is 11.5 Å². The number of hydrogen-bond acceptors (Lipinski definition) is 2. The highest BCUT2D eigenvalue weighted by molar-refractivity contribution is 5.93. The van der Waals surface area contributed by atoms with E-state index < -0.39 is 17.6 Å². The maximum Gasteiger partial charge on any atom is 0.248 e. The van der Waals surface area contributed by atoms with E-state index >= 15 is 0 Å². The van der Waals surface area contributed by atoms with E-state index in [9.17, 15) is 14.0 Å². The van der Waals surface area contributed by atoms with E-state index in [-0.39, 0.29) is 12.0 Å². The van der Waals surface area contributed by atoms with Crippen molar-refractivity contribution in [2.45, 2.75) is 6.42 Å². The van der Waals surface area contributed by atoms with Crippen LogP contribution in [-0.2, 0) is 11.2 Å². The van der Waals surface area contributed by atoms with Gasteiger partial charge in [-0.05, 0) is 34.9 Å². The lowest BCUT2D eigenvalue weighted by atomic mass is 10.0. The lowest BCUT2D eigenvalue weighted by Gasteiger charge is -2.06. The molecule has 2 rings (SSSR count). The average Bonchev–Trinajstić information content (AvgIpc) is 2.41. The number of carbonyl (C=O) groups excluding carboxylic acids is 2. The van der Waals surface area contributed by atoms with Gasteiger partial charge in [-0.3, -0.25) is 9.59 Å². The Morgan fingerprint density at radius 2 is 1.55 bits per heavy atom. The molecule has 0 saturated carbocycles. The second-order valence-corrected chi connectivity index (χ2v) is 4.39. The molecule has 0 unspecified atom stereocenters. The highest BCUT2D eigenvalue weighted by Gasteiger charge is 2.08. The molecule has 0 aromatic heterocycles. The first kappa shape index (κ1) is 13.7. The molecule has 0 aliphatic rings. The summed E-state index contributed by atoms with van der Waals surface area (Å²) in [6.45, 7) is 0. The fourth-order valence-corrected chi connectivity index (χ4v) is 1.88. The first-order valence-electron chi connectivity index (χ1n) is 5.94. The Hall–Kier alpha value is -2.69. The van der Waals surface area contributed by atoms with E-state index in [1.54, 1.807) is 30.3 Å². The summed E-state index contributed by atoms with van der Waals surface area (Å²) < 4.78 is 13.8. The molecule has 0 radical (unpaired) electrons. The number of nitrogens with two attached hydrogens (primary N) is 2. The molecule has 0 atom stereocenters. The number of carbonyl (C=O) groups is 2. The van der Waals surface area contributed by atoms with E-state index in [0.29, 0.717) is 11.1 Å². The van der Waals surface area contributed by atoms with Gasteiger partial charge in [0.15, 0.2) is 0 Å². The third kappa shape index (κ3) is 3.00. The van der Waals surface area contributed by atoms with Crippen molar-refractivity contribution >= 4 is 11.8 Å². The smallest absolute Gasteiger partial charge is 0.248 e. The molecule has 0 fully saturated rings. The second kappa shape index (κ2) is 5.52. The zero-order valence-electron chi connectivity index (χ0n) is 10.6.